The van der Waals surface area contributed by atoms with Crippen LogP contribution in [-0.2, 0) is 6.54 Å². The minimum absolute atomic E-state index is 0.301. The first-order valence-corrected chi connectivity index (χ1v) is 5.80. The van der Waals surface area contributed by atoms with Gasteiger partial charge in [0.1, 0.15) is 11.4 Å². The summed E-state index contributed by atoms with van der Waals surface area (Å²) in [5.41, 5.74) is 7.58. The van der Waals surface area contributed by atoms with Crippen molar-refractivity contribution in [1.82, 2.24) is 15.0 Å². The van der Waals surface area contributed by atoms with Gasteiger partial charge < -0.3 is 5.73 Å². The van der Waals surface area contributed by atoms with Gasteiger partial charge in [0, 0.05) is 12.6 Å². The lowest BCUT2D eigenvalue weighted by Gasteiger charge is -2.08. The molecule has 0 radical (unpaired) electrons. The Balaban J connectivity index is 2.56. The number of hydrogen-bond acceptors (Lipinski definition) is 4. The highest BCUT2D eigenvalue weighted by Crippen LogP contribution is 2.28. The Morgan fingerprint density at radius 2 is 2.33 bits per heavy atom. The number of nitrogens with zero attached hydrogens (tertiary/aromatic N) is 3. The Bertz CT molecular complexity index is 430. The van der Waals surface area contributed by atoms with Crippen LogP contribution in [0, 0.1) is 0 Å². The summed E-state index contributed by atoms with van der Waals surface area (Å²) in [7, 11) is 0. The monoisotopic (exact) mass is 222 g/mol. The topological polar surface area (TPSA) is 56.7 Å². The van der Waals surface area contributed by atoms with Crippen LogP contribution in [0.2, 0.25) is 0 Å². The minimum Gasteiger partial charge on any atom is -0.325 e. The Hall–Kier alpha value is -1.20. The molecule has 0 aromatic carbocycles. The van der Waals surface area contributed by atoms with Gasteiger partial charge in [-0.25, -0.2) is 4.68 Å². The molecule has 0 aliphatic heterocycles. The summed E-state index contributed by atoms with van der Waals surface area (Å²) in [6.45, 7) is 4.61. The maximum atomic E-state index is 5.66. The molecule has 2 N–H and O–H groups in total. The van der Waals surface area contributed by atoms with Crippen molar-refractivity contribution >= 4 is 11.3 Å². The van der Waals surface area contributed by atoms with Gasteiger partial charge in [0.15, 0.2) is 0 Å². The van der Waals surface area contributed by atoms with Crippen LogP contribution in [0.3, 0.4) is 0 Å². The molecule has 0 aliphatic rings. The third-order valence-corrected chi connectivity index (χ3v) is 3.08. The van der Waals surface area contributed by atoms with Crippen molar-refractivity contribution in [3.63, 3.8) is 0 Å². The second-order valence-corrected chi connectivity index (χ2v) is 4.55. The maximum Gasteiger partial charge on any atom is 0.105 e. The molecule has 2 rings (SSSR count). The van der Waals surface area contributed by atoms with Crippen LogP contribution in [-0.4, -0.2) is 15.0 Å². The van der Waals surface area contributed by atoms with Crippen LogP contribution in [0.1, 0.15) is 25.6 Å². The molecule has 0 fully saturated rings. The molecular weight excluding hydrogens is 208 g/mol. The van der Waals surface area contributed by atoms with Crippen LogP contribution < -0.4 is 5.73 Å². The van der Waals surface area contributed by atoms with Gasteiger partial charge in [-0.15, -0.1) is 16.4 Å². The molecule has 15 heavy (non-hydrogen) atoms. The highest BCUT2D eigenvalue weighted by molar-refractivity contribution is 7.13. The molecule has 4 nitrogen and oxygen atoms in total. The average molecular weight is 222 g/mol. The van der Waals surface area contributed by atoms with E-state index >= 15 is 0 Å². The predicted octanol–water partition coefficient (Wildman–Crippen LogP) is 2.05. The number of nitrogens with two attached hydrogens (primary N) is 1. The van der Waals surface area contributed by atoms with E-state index in [1.54, 1.807) is 11.3 Å². The van der Waals surface area contributed by atoms with Crippen LogP contribution in [0.25, 0.3) is 10.6 Å². The molecule has 2 aromatic rings. The smallest absolute Gasteiger partial charge is 0.105 e. The van der Waals surface area contributed by atoms with Crippen LogP contribution >= 0.6 is 11.3 Å². The summed E-state index contributed by atoms with van der Waals surface area (Å²) < 4.78 is 1.92. The zero-order valence-corrected chi connectivity index (χ0v) is 9.66. The number of hydrogen-bond donors (Lipinski definition) is 1. The van der Waals surface area contributed by atoms with Crippen molar-refractivity contribution < 1.29 is 0 Å². The van der Waals surface area contributed by atoms with E-state index in [2.05, 4.69) is 30.2 Å². The molecule has 0 bridgehead atoms. The summed E-state index contributed by atoms with van der Waals surface area (Å²) in [5.74, 6) is 0. The zero-order valence-electron chi connectivity index (χ0n) is 8.84. The maximum absolute atomic E-state index is 5.66. The molecule has 0 unspecified atom stereocenters. The Kier molecular flexibility index (Phi) is 2.83. The number of thiophene rings is 1. The highest BCUT2D eigenvalue weighted by atomic mass is 32.1. The van der Waals surface area contributed by atoms with Gasteiger partial charge in [0.05, 0.1) is 4.88 Å². The zero-order chi connectivity index (χ0) is 10.8. The fourth-order valence-corrected chi connectivity index (χ4v) is 2.28. The average Bonchev–Trinajstić information content (AvgIpc) is 2.85. The molecule has 2 heterocycles. The molecule has 80 valence electrons. The Labute approximate surface area is 92.7 Å². The fourth-order valence-electron chi connectivity index (χ4n) is 1.49. The van der Waals surface area contributed by atoms with Gasteiger partial charge in [0.25, 0.3) is 0 Å². The van der Waals surface area contributed by atoms with Crippen LogP contribution in [0.5, 0.6) is 0 Å². The van der Waals surface area contributed by atoms with E-state index in [1.165, 1.54) is 4.88 Å². The molecule has 2 aromatic heterocycles. The standard InChI is InChI=1S/C10H14N4S/c1-7(2)14-10(8(6-11)12-13-14)9-4-3-5-15-9/h3-5,7H,6,11H2,1-2H3. The quantitative estimate of drug-likeness (QED) is 0.864. The van der Waals surface area contributed by atoms with Crippen LogP contribution in [0.15, 0.2) is 17.5 Å². The summed E-state index contributed by atoms with van der Waals surface area (Å²) in [5, 5.41) is 10.3. The summed E-state index contributed by atoms with van der Waals surface area (Å²) in [4.78, 5) is 1.18. The lowest BCUT2D eigenvalue weighted by molar-refractivity contribution is 0.519. The third kappa shape index (κ3) is 1.80. The van der Waals surface area contributed by atoms with E-state index in [9.17, 15) is 0 Å². The molecular formula is C10H14N4S. The van der Waals surface area contributed by atoms with Gasteiger partial charge in [-0.3, -0.25) is 0 Å². The molecule has 0 aliphatic carbocycles. The van der Waals surface area contributed by atoms with Crippen molar-refractivity contribution in [1.29, 1.82) is 0 Å². The summed E-state index contributed by atoms with van der Waals surface area (Å²) in [6.07, 6.45) is 0. The largest absolute Gasteiger partial charge is 0.325 e. The minimum atomic E-state index is 0.301. The SMILES string of the molecule is CC(C)n1nnc(CN)c1-c1cccs1. The molecule has 0 saturated carbocycles. The Morgan fingerprint density at radius 1 is 1.53 bits per heavy atom. The van der Waals surface area contributed by atoms with Crippen molar-refractivity contribution in [3.8, 4) is 10.6 Å². The fraction of sp³-hybridized carbons (Fsp3) is 0.400. The van der Waals surface area contributed by atoms with E-state index in [1.807, 2.05) is 16.1 Å². The number of rotatable bonds is 3. The van der Waals surface area contributed by atoms with Crippen LogP contribution in [0.4, 0.5) is 0 Å². The lowest BCUT2D eigenvalue weighted by Crippen LogP contribution is -2.05. The van der Waals surface area contributed by atoms with Gasteiger partial charge in [0.2, 0.25) is 0 Å². The first-order valence-electron chi connectivity index (χ1n) is 4.92. The molecule has 5 heteroatoms. The first kappa shape index (κ1) is 10.3. The normalized spacial score (nSPS) is 11.2. The summed E-state index contributed by atoms with van der Waals surface area (Å²) in [6, 6.07) is 4.40. The Morgan fingerprint density at radius 3 is 2.87 bits per heavy atom. The molecule has 0 amide bonds. The van der Waals surface area contributed by atoms with E-state index in [0.717, 1.165) is 11.4 Å². The van der Waals surface area contributed by atoms with Crippen molar-refractivity contribution in [2.24, 2.45) is 5.73 Å². The van der Waals surface area contributed by atoms with Gasteiger partial charge in [-0.2, -0.15) is 0 Å². The van der Waals surface area contributed by atoms with E-state index in [-0.39, 0.29) is 0 Å². The summed E-state index contributed by atoms with van der Waals surface area (Å²) >= 11 is 1.69. The van der Waals surface area contributed by atoms with Crippen molar-refractivity contribution in [3.05, 3.63) is 23.2 Å². The van der Waals surface area contributed by atoms with E-state index in [4.69, 9.17) is 5.73 Å². The second-order valence-electron chi connectivity index (χ2n) is 3.60. The molecule has 0 spiro atoms. The third-order valence-electron chi connectivity index (χ3n) is 2.20. The first-order chi connectivity index (χ1) is 7.24. The van der Waals surface area contributed by atoms with Gasteiger partial charge in [-0.05, 0) is 25.3 Å². The number of aromatic nitrogens is 3. The van der Waals surface area contributed by atoms with Crippen molar-refractivity contribution in [2.75, 3.05) is 0 Å². The lowest BCUT2D eigenvalue weighted by atomic mass is 10.2. The van der Waals surface area contributed by atoms with E-state index < -0.39 is 0 Å². The van der Waals surface area contributed by atoms with Crippen molar-refractivity contribution in [2.45, 2.75) is 26.4 Å². The molecule has 0 atom stereocenters. The second kappa shape index (κ2) is 4.12. The van der Waals surface area contributed by atoms with Gasteiger partial charge in [-0.1, -0.05) is 11.3 Å². The predicted molar refractivity (Wildman–Crippen MR) is 61.6 cm³/mol. The van der Waals surface area contributed by atoms with E-state index in [0.29, 0.717) is 12.6 Å². The highest BCUT2D eigenvalue weighted by Gasteiger charge is 2.16. The molecule has 0 saturated heterocycles. The van der Waals surface area contributed by atoms with Gasteiger partial charge >= 0.3 is 0 Å².